The van der Waals surface area contributed by atoms with Crippen molar-refractivity contribution in [2.75, 3.05) is 0 Å². The quantitative estimate of drug-likeness (QED) is 0.644. The van der Waals surface area contributed by atoms with Crippen molar-refractivity contribution >= 4 is 5.97 Å². The molecule has 12 heavy (non-hydrogen) atoms. The van der Waals surface area contributed by atoms with Gasteiger partial charge >= 0.3 is 5.97 Å². The molecule has 2 unspecified atom stereocenters. The molecule has 2 nitrogen and oxygen atoms in total. The van der Waals surface area contributed by atoms with Gasteiger partial charge in [-0.05, 0) is 42.9 Å². The molecular formula is C10H14O2. The highest BCUT2D eigenvalue weighted by Gasteiger charge is 2.83. The summed E-state index contributed by atoms with van der Waals surface area (Å²) in [6, 6.07) is 0. The van der Waals surface area contributed by atoms with Gasteiger partial charge in [0.05, 0.1) is 5.41 Å². The first-order valence-electron chi connectivity index (χ1n) is 4.76. The van der Waals surface area contributed by atoms with Crippen molar-refractivity contribution in [3.63, 3.8) is 0 Å². The van der Waals surface area contributed by atoms with E-state index >= 15 is 0 Å². The first-order chi connectivity index (χ1) is 5.53. The van der Waals surface area contributed by atoms with Crippen LogP contribution in [0.4, 0.5) is 0 Å². The first-order valence-corrected chi connectivity index (χ1v) is 4.76. The monoisotopic (exact) mass is 166 g/mol. The van der Waals surface area contributed by atoms with Crippen LogP contribution in [-0.4, -0.2) is 11.1 Å². The fraction of sp³-hybridized carbons (Fsp3) is 0.900. The molecule has 0 saturated heterocycles. The van der Waals surface area contributed by atoms with E-state index in [1.165, 1.54) is 12.8 Å². The number of hydrogen-bond donors (Lipinski definition) is 1. The highest BCUT2D eigenvalue weighted by atomic mass is 16.4. The van der Waals surface area contributed by atoms with E-state index in [-0.39, 0.29) is 10.8 Å². The highest BCUT2D eigenvalue weighted by molar-refractivity contribution is 5.79. The molecule has 0 aromatic heterocycles. The topological polar surface area (TPSA) is 37.3 Å². The molecule has 4 aliphatic carbocycles. The fourth-order valence-corrected chi connectivity index (χ4v) is 4.31. The van der Waals surface area contributed by atoms with E-state index in [0.29, 0.717) is 5.92 Å². The van der Waals surface area contributed by atoms with E-state index < -0.39 is 5.97 Å². The van der Waals surface area contributed by atoms with Crippen LogP contribution in [0.2, 0.25) is 0 Å². The van der Waals surface area contributed by atoms with Crippen molar-refractivity contribution in [2.24, 2.45) is 28.6 Å². The predicted molar refractivity (Wildman–Crippen MR) is 43.6 cm³/mol. The summed E-state index contributed by atoms with van der Waals surface area (Å²) in [4.78, 5) is 11.2. The Labute approximate surface area is 72.0 Å². The molecule has 4 rings (SSSR count). The van der Waals surface area contributed by atoms with Gasteiger partial charge in [0.1, 0.15) is 0 Å². The molecule has 0 aromatic rings. The number of hydrogen-bond acceptors (Lipinski definition) is 1. The summed E-state index contributed by atoms with van der Waals surface area (Å²) in [6.45, 7) is 4.15. The van der Waals surface area contributed by atoms with Crippen molar-refractivity contribution < 1.29 is 9.90 Å². The molecule has 1 N–H and O–H groups in total. The second-order valence-corrected chi connectivity index (χ2v) is 5.17. The lowest BCUT2D eigenvalue weighted by Gasteiger charge is -2.28. The Morgan fingerprint density at radius 2 is 1.83 bits per heavy atom. The van der Waals surface area contributed by atoms with E-state index in [2.05, 4.69) is 6.92 Å². The van der Waals surface area contributed by atoms with Gasteiger partial charge in [0.15, 0.2) is 0 Å². The van der Waals surface area contributed by atoms with Gasteiger partial charge in [-0.3, -0.25) is 4.79 Å². The highest BCUT2D eigenvalue weighted by Crippen LogP contribution is 2.86. The van der Waals surface area contributed by atoms with Crippen LogP contribution in [-0.2, 0) is 4.79 Å². The maximum absolute atomic E-state index is 11.2. The predicted octanol–water partition coefficient (Wildman–Crippen LogP) is 1.75. The van der Waals surface area contributed by atoms with Crippen molar-refractivity contribution in [1.82, 2.24) is 0 Å². The summed E-state index contributed by atoms with van der Waals surface area (Å²) in [5.41, 5.74) is -0.216. The average Bonchev–Trinajstić information content (AvgIpc) is 2.37. The maximum atomic E-state index is 11.2. The van der Waals surface area contributed by atoms with Crippen LogP contribution in [0, 0.1) is 28.6 Å². The minimum atomic E-state index is -0.558. The fourth-order valence-electron chi connectivity index (χ4n) is 4.31. The average molecular weight is 166 g/mol. The lowest BCUT2D eigenvalue weighted by atomic mass is 9.74. The Bertz CT molecular complexity index is 272. The van der Waals surface area contributed by atoms with Crippen LogP contribution < -0.4 is 0 Å². The Kier molecular flexibility index (Phi) is 0.836. The summed E-state index contributed by atoms with van der Waals surface area (Å²) in [7, 11) is 0. The van der Waals surface area contributed by atoms with E-state index in [0.717, 1.165) is 11.8 Å². The van der Waals surface area contributed by atoms with Crippen LogP contribution in [0.3, 0.4) is 0 Å². The third kappa shape index (κ3) is 0.377. The van der Waals surface area contributed by atoms with Gasteiger partial charge in [-0.25, -0.2) is 0 Å². The van der Waals surface area contributed by atoms with Crippen LogP contribution in [0.1, 0.15) is 26.7 Å². The van der Waals surface area contributed by atoms with Crippen LogP contribution in [0.25, 0.3) is 0 Å². The number of carboxylic acid groups (broad SMARTS) is 1. The maximum Gasteiger partial charge on any atom is 0.310 e. The summed E-state index contributed by atoms with van der Waals surface area (Å²) in [6.07, 6.45) is 2.37. The second-order valence-electron chi connectivity index (χ2n) is 5.17. The molecule has 0 aliphatic heterocycles. The summed E-state index contributed by atoms with van der Waals surface area (Å²) >= 11 is 0. The summed E-state index contributed by atoms with van der Waals surface area (Å²) < 4.78 is 0. The molecule has 2 heteroatoms. The smallest absolute Gasteiger partial charge is 0.310 e. The first kappa shape index (κ1) is 6.93. The van der Waals surface area contributed by atoms with Crippen molar-refractivity contribution in [1.29, 1.82) is 0 Å². The molecule has 4 bridgehead atoms. The Balaban J connectivity index is 2.14. The molecule has 4 aliphatic rings. The number of carbonyl (C=O) groups is 1. The number of carboxylic acids is 1. The molecule has 0 aromatic carbocycles. The van der Waals surface area contributed by atoms with Crippen molar-refractivity contribution in [2.45, 2.75) is 26.7 Å². The zero-order chi connectivity index (χ0) is 8.72. The van der Waals surface area contributed by atoms with Gasteiger partial charge in [0, 0.05) is 0 Å². The van der Waals surface area contributed by atoms with Gasteiger partial charge in [-0.15, -0.1) is 0 Å². The molecular weight excluding hydrogens is 152 g/mol. The Hall–Kier alpha value is -0.530. The second kappa shape index (κ2) is 1.45. The van der Waals surface area contributed by atoms with Crippen LogP contribution in [0.15, 0.2) is 0 Å². The Morgan fingerprint density at radius 3 is 2.00 bits per heavy atom. The third-order valence-electron chi connectivity index (χ3n) is 5.37. The van der Waals surface area contributed by atoms with Gasteiger partial charge in [-0.1, -0.05) is 6.92 Å². The minimum Gasteiger partial charge on any atom is -0.481 e. The van der Waals surface area contributed by atoms with Crippen LogP contribution >= 0.6 is 0 Å². The molecule has 66 valence electrons. The largest absolute Gasteiger partial charge is 0.481 e. The van der Waals surface area contributed by atoms with Gasteiger partial charge in [0.2, 0.25) is 0 Å². The van der Waals surface area contributed by atoms with E-state index in [4.69, 9.17) is 0 Å². The van der Waals surface area contributed by atoms with Gasteiger partial charge in [-0.2, -0.15) is 0 Å². The molecule has 0 amide bonds. The van der Waals surface area contributed by atoms with E-state index in [1.54, 1.807) is 0 Å². The van der Waals surface area contributed by atoms with Crippen molar-refractivity contribution in [3.05, 3.63) is 0 Å². The molecule has 0 spiro atoms. The normalized spacial score (nSPS) is 65.3. The molecule has 4 fully saturated rings. The number of rotatable bonds is 1. The van der Waals surface area contributed by atoms with Gasteiger partial charge in [0.25, 0.3) is 0 Å². The van der Waals surface area contributed by atoms with E-state index in [9.17, 15) is 9.90 Å². The van der Waals surface area contributed by atoms with Crippen LogP contribution in [0.5, 0.6) is 0 Å². The van der Waals surface area contributed by atoms with Gasteiger partial charge < -0.3 is 5.11 Å². The summed E-state index contributed by atoms with van der Waals surface area (Å²) in [5.74, 6) is 1.43. The molecule has 0 radical (unpaired) electrons. The van der Waals surface area contributed by atoms with E-state index in [1.807, 2.05) is 6.92 Å². The standard InChI is InChI=1S/C10H14O2/c1-9(8(11)12)5-3-6-7(4-5)10(6,9)2/h5-7H,3-4H2,1-2H3,(H,11,12)/t5?,6?,7?,9-,10?/m0/s1. The molecule has 3 atom stereocenters. The Morgan fingerprint density at radius 1 is 1.33 bits per heavy atom. The lowest BCUT2D eigenvalue weighted by molar-refractivity contribution is -0.152. The zero-order valence-electron chi connectivity index (χ0n) is 7.50. The minimum absolute atomic E-state index is 0.170. The molecule has 0 heterocycles. The lowest BCUT2D eigenvalue weighted by Crippen LogP contribution is -2.36. The third-order valence-corrected chi connectivity index (χ3v) is 5.37. The zero-order valence-corrected chi connectivity index (χ0v) is 7.50. The number of aliphatic carboxylic acids is 1. The molecule has 4 saturated carbocycles. The van der Waals surface area contributed by atoms with Crippen molar-refractivity contribution in [3.8, 4) is 0 Å². The SMILES string of the molecule is CC12C3CC(CC31)[C@@]2(C)C(=O)O. The summed E-state index contributed by atoms with van der Waals surface area (Å²) in [5, 5.41) is 9.23.